The van der Waals surface area contributed by atoms with Crippen LogP contribution < -0.4 is 10.1 Å². The Morgan fingerprint density at radius 2 is 2.15 bits per heavy atom. The first-order valence-corrected chi connectivity index (χ1v) is 7.33. The van der Waals surface area contributed by atoms with E-state index in [0.29, 0.717) is 12.4 Å². The number of hydrogen-bond acceptors (Lipinski definition) is 4. The van der Waals surface area contributed by atoms with Crippen LogP contribution in [-0.2, 0) is 4.74 Å². The molecule has 1 aliphatic carbocycles. The number of alkyl carbamates (subject to hydrolysis) is 1. The van der Waals surface area contributed by atoms with E-state index in [1.165, 1.54) is 0 Å². The molecule has 2 rings (SSSR count). The summed E-state index contributed by atoms with van der Waals surface area (Å²) in [6, 6.07) is 3.65. The van der Waals surface area contributed by atoms with Gasteiger partial charge in [-0.15, -0.1) is 0 Å². The monoisotopic (exact) mass is 342 g/mol. The summed E-state index contributed by atoms with van der Waals surface area (Å²) in [6.07, 6.45) is 3.05. The van der Waals surface area contributed by atoms with E-state index in [2.05, 4.69) is 26.2 Å². The number of nitrogens with one attached hydrogen (secondary N) is 1. The minimum absolute atomic E-state index is 0.296. The minimum Gasteiger partial charge on any atom is -0.490 e. The average molecular weight is 343 g/mol. The van der Waals surface area contributed by atoms with Gasteiger partial charge in [-0.2, -0.15) is 0 Å². The third-order valence-electron chi connectivity index (χ3n) is 2.84. The number of pyridine rings is 1. The van der Waals surface area contributed by atoms with Gasteiger partial charge in [-0.1, -0.05) is 0 Å². The quantitative estimate of drug-likeness (QED) is 0.853. The summed E-state index contributed by atoms with van der Waals surface area (Å²) >= 11 is 3.27. The van der Waals surface area contributed by atoms with Gasteiger partial charge >= 0.3 is 6.09 Å². The Kier molecular flexibility index (Phi) is 4.22. The summed E-state index contributed by atoms with van der Waals surface area (Å²) < 4.78 is 11.7. The van der Waals surface area contributed by atoms with Crippen LogP contribution >= 0.6 is 15.9 Å². The molecule has 1 aliphatic rings. The van der Waals surface area contributed by atoms with Crippen molar-refractivity contribution in [3.8, 4) is 5.75 Å². The number of aromatic nitrogens is 1. The first kappa shape index (κ1) is 15.1. The van der Waals surface area contributed by atoms with E-state index in [1.54, 1.807) is 6.20 Å². The Balaban J connectivity index is 1.83. The molecular formula is C14H19BrN2O3. The predicted octanol–water partition coefficient (Wildman–Crippen LogP) is 3.28. The molecule has 0 spiro atoms. The van der Waals surface area contributed by atoms with E-state index < -0.39 is 11.7 Å². The van der Waals surface area contributed by atoms with Crippen molar-refractivity contribution in [2.75, 3.05) is 6.61 Å². The number of nitrogens with zero attached hydrogens (tertiary/aromatic N) is 1. The number of rotatable bonds is 4. The van der Waals surface area contributed by atoms with Crippen LogP contribution in [0, 0.1) is 0 Å². The Morgan fingerprint density at radius 3 is 2.65 bits per heavy atom. The zero-order valence-electron chi connectivity index (χ0n) is 11.9. The lowest BCUT2D eigenvalue weighted by Gasteiger charge is -2.23. The van der Waals surface area contributed by atoms with Gasteiger partial charge in [-0.05, 0) is 61.7 Å². The fourth-order valence-electron chi connectivity index (χ4n) is 1.65. The number of hydrogen-bond donors (Lipinski definition) is 1. The van der Waals surface area contributed by atoms with Crippen LogP contribution in [0.15, 0.2) is 22.9 Å². The molecule has 1 amide bonds. The van der Waals surface area contributed by atoms with E-state index in [9.17, 15) is 4.79 Å². The maximum atomic E-state index is 11.8. The molecule has 6 heteroatoms. The summed E-state index contributed by atoms with van der Waals surface area (Å²) in [6.45, 7) is 5.96. The van der Waals surface area contributed by atoms with Crippen LogP contribution in [0.3, 0.4) is 0 Å². The molecule has 0 radical (unpaired) electrons. The fraction of sp³-hybridized carbons (Fsp3) is 0.571. The van der Waals surface area contributed by atoms with Crippen LogP contribution in [0.25, 0.3) is 0 Å². The van der Waals surface area contributed by atoms with Gasteiger partial charge in [-0.3, -0.25) is 0 Å². The third-order valence-corrected chi connectivity index (χ3v) is 3.30. The zero-order chi connectivity index (χ0) is 14.8. The molecule has 110 valence electrons. The molecule has 0 unspecified atom stereocenters. The van der Waals surface area contributed by atoms with Crippen molar-refractivity contribution in [1.82, 2.24) is 10.3 Å². The van der Waals surface area contributed by atoms with Crippen molar-refractivity contribution in [1.29, 1.82) is 0 Å². The summed E-state index contributed by atoms with van der Waals surface area (Å²) in [5, 5.41) is 2.89. The molecule has 1 aromatic heterocycles. The van der Waals surface area contributed by atoms with Gasteiger partial charge < -0.3 is 14.8 Å². The summed E-state index contributed by atoms with van der Waals surface area (Å²) in [7, 11) is 0. The lowest BCUT2D eigenvalue weighted by atomic mass is 10.2. The third kappa shape index (κ3) is 4.67. The molecule has 1 saturated carbocycles. The SMILES string of the molecule is CC(C)(C)OC(=O)NC1(COc2ccc(Br)nc2)CC1. The second-order valence-electron chi connectivity index (χ2n) is 6.01. The predicted molar refractivity (Wildman–Crippen MR) is 78.8 cm³/mol. The maximum Gasteiger partial charge on any atom is 0.408 e. The van der Waals surface area contributed by atoms with Crippen molar-refractivity contribution in [2.24, 2.45) is 0 Å². The summed E-state index contributed by atoms with van der Waals surface area (Å²) in [5.41, 5.74) is -0.786. The van der Waals surface area contributed by atoms with E-state index in [4.69, 9.17) is 9.47 Å². The van der Waals surface area contributed by atoms with Crippen molar-refractivity contribution >= 4 is 22.0 Å². The molecular weight excluding hydrogens is 324 g/mol. The lowest BCUT2D eigenvalue weighted by Crippen LogP contribution is -2.44. The number of halogens is 1. The van der Waals surface area contributed by atoms with Gasteiger partial charge in [0.1, 0.15) is 22.6 Å². The zero-order valence-corrected chi connectivity index (χ0v) is 13.5. The Bertz CT molecular complexity index is 478. The van der Waals surface area contributed by atoms with E-state index in [1.807, 2.05) is 32.9 Å². The molecule has 1 N–H and O–H groups in total. The second kappa shape index (κ2) is 5.60. The maximum absolute atomic E-state index is 11.8. The average Bonchev–Trinajstić information content (AvgIpc) is 3.06. The molecule has 0 saturated heterocycles. The van der Waals surface area contributed by atoms with E-state index in [-0.39, 0.29) is 5.54 Å². The van der Waals surface area contributed by atoms with Gasteiger partial charge in [0.2, 0.25) is 0 Å². The highest BCUT2D eigenvalue weighted by Crippen LogP contribution is 2.36. The Labute approximate surface area is 127 Å². The fourth-order valence-corrected chi connectivity index (χ4v) is 1.88. The molecule has 0 aliphatic heterocycles. The molecule has 1 heterocycles. The smallest absolute Gasteiger partial charge is 0.408 e. The second-order valence-corrected chi connectivity index (χ2v) is 6.82. The van der Waals surface area contributed by atoms with Crippen LogP contribution in [0.1, 0.15) is 33.6 Å². The topological polar surface area (TPSA) is 60.5 Å². The van der Waals surface area contributed by atoms with Gasteiger partial charge in [0, 0.05) is 0 Å². The van der Waals surface area contributed by atoms with Crippen molar-refractivity contribution in [3.63, 3.8) is 0 Å². The number of carbonyl (C=O) groups is 1. The normalized spacial score (nSPS) is 16.4. The largest absolute Gasteiger partial charge is 0.490 e. The van der Waals surface area contributed by atoms with E-state index in [0.717, 1.165) is 17.4 Å². The minimum atomic E-state index is -0.489. The van der Waals surface area contributed by atoms with Crippen LogP contribution in [-0.4, -0.2) is 28.8 Å². The van der Waals surface area contributed by atoms with Gasteiger partial charge in [-0.25, -0.2) is 9.78 Å². The number of ether oxygens (including phenoxy) is 2. The molecule has 1 aromatic rings. The standard InChI is InChI=1S/C14H19BrN2O3/c1-13(2,3)20-12(18)17-14(6-7-14)9-19-10-4-5-11(15)16-8-10/h4-5,8H,6-7,9H2,1-3H3,(H,17,18). The van der Waals surface area contributed by atoms with Crippen molar-refractivity contribution in [3.05, 3.63) is 22.9 Å². The van der Waals surface area contributed by atoms with Gasteiger partial charge in [0.15, 0.2) is 0 Å². The van der Waals surface area contributed by atoms with Crippen LogP contribution in [0.4, 0.5) is 4.79 Å². The first-order chi connectivity index (χ1) is 9.28. The summed E-state index contributed by atoms with van der Waals surface area (Å²) in [4.78, 5) is 15.9. The van der Waals surface area contributed by atoms with Gasteiger partial charge in [0.05, 0.1) is 11.7 Å². The Morgan fingerprint density at radius 1 is 1.45 bits per heavy atom. The van der Waals surface area contributed by atoms with E-state index >= 15 is 0 Å². The van der Waals surface area contributed by atoms with Gasteiger partial charge in [0.25, 0.3) is 0 Å². The molecule has 0 atom stereocenters. The highest BCUT2D eigenvalue weighted by molar-refractivity contribution is 9.10. The van der Waals surface area contributed by atoms with Crippen LogP contribution in [0.5, 0.6) is 5.75 Å². The number of amides is 1. The molecule has 0 aromatic carbocycles. The first-order valence-electron chi connectivity index (χ1n) is 6.54. The highest BCUT2D eigenvalue weighted by atomic mass is 79.9. The van der Waals surface area contributed by atoms with Crippen molar-refractivity contribution in [2.45, 2.75) is 44.8 Å². The van der Waals surface area contributed by atoms with Crippen LogP contribution in [0.2, 0.25) is 0 Å². The molecule has 20 heavy (non-hydrogen) atoms. The highest BCUT2D eigenvalue weighted by Gasteiger charge is 2.46. The van der Waals surface area contributed by atoms with Crippen molar-refractivity contribution < 1.29 is 14.3 Å². The Hall–Kier alpha value is -1.30. The summed E-state index contributed by atoms with van der Waals surface area (Å²) in [5.74, 6) is 0.686. The number of carbonyl (C=O) groups excluding carboxylic acids is 1. The molecule has 5 nitrogen and oxygen atoms in total. The molecule has 1 fully saturated rings. The lowest BCUT2D eigenvalue weighted by molar-refractivity contribution is 0.0477. The molecule has 0 bridgehead atoms.